The molecule has 0 radical (unpaired) electrons. The molecule has 1 heterocycles. The van der Waals surface area contributed by atoms with Gasteiger partial charge in [0.15, 0.2) is 0 Å². The van der Waals surface area contributed by atoms with Gasteiger partial charge in [0.25, 0.3) is 0 Å². The van der Waals surface area contributed by atoms with Crippen molar-refractivity contribution >= 4 is 11.3 Å². The van der Waals surface area contributed by atoms with Crippen LogP contribution in [0.2, 0.25) is 0 Å². The minimum Gasteiger partial charge on any atom is -0.314 e. The average molecular weight is 225 g/mol. The second kappa shape index (κ2) is 7.89. The van der Waals surface area contributed by atoms with E-state index >= 15 is 0 Å². The van der Waals surface area contributed by atoms with Crippen molar-refractivity contribution in [3.05, 3.63) is 22.4 Å². The van der Waals surface area contributed by atoms with Crippen LogP contribution in [0.25, 0.3) is 0 Å². The number of hydrogen-bond donors (Lipinski definition) is 1. The molecule has 1 aromatic rings. The summed E-state index contributed by atoms with van der Waals surface area (Å²) in [6.45, 7) is 5.70. The van der Waals surface area contributed by atoms with E-state index in [0.29, 0.717) is 6.04 Å². The highest BCUT2D eigenvalue weighted by molar-refractivity contribution is 7.09. The summed E-state index contributed by atoms with van der Waals surface area (Å²) in [7, 11) is 0. The lowest BCUT2D eigenvalue weighted by Gasteiger charge is -2.12. The van der Waals surface area contributed by atoms with Crippen molar-refractivity contribution in [3.8, 4) is 0 Å². The van der Waals surface area contributed by atoms with Crippen LogP contribution in [0.5, 0.6) is 0 Å². The molecule has 0 aromatic carbocycles. The molecule has 1 rings (SSSR count). The van der Waals surface area contributed by atoms with E-state index < -0.39 is 0 Å². The van der Waals surface area contributed by atoms with E-state index in [9.17, 15) is 0 Å². The van der Waals surface area contributed by atoms with Gasteiger partial charge in [0.2, 0.25) is 0 Å². The van der Waals surface area contributed by atoms with Crippen molar-refractivity contribution in [2.45, 2.75) is 52.0 Å². The summed E-state index contributed by atoms with van der Waals surface area (Å²) in [5, 5.41) is 5.74. The SMILES string of the molecule is CCCCC(C)NCCCc1cccs1. The van der Waals surface area contributed by atoms with Crippen LogP contribution >= 0.6 is 11.3 Å². The summed E-state index contributed by atoms with van der Waals surface area (Å²) >= 11 is 1.87. The van der Waals surface area contributed by atoms with E-state index in [1.807, 2.05) is 11.3 Å². The molecule has 1 N–H and O–H groups in total. The predicted octanol–water partition coefficient (Wildman–Crippen LogP) is 3.85. The van der Waals surface area contributed by atoms with Crippen molar-refractivity contribution in [2.24, 2.45) is 0 Å². The number of aryl methyl sites for hydroxylation is 1. The molecule has 2 heteroatoms. The standard InChI is InChI=1S/C13H23NS/c1-3-4-7-12(2)14-10-5-8-13-9-6-11-15-13/h6,9,11-12,14H,3-5,7-8,10H2,1-2H3. The highest BCUT2D eigenvalue weighted by Gasteiger charge is 1.99. The van der Waals surface area contributed by atoms with E-state index in [1.54, 1.807) is 0 Å². The fraction of sp³-hybridized carbons (Fsp3) is 0.692. The molecule has 1 nitrogen and oxygen atoms in total. The van der Waals surface area contributed by atoms with Crippen molar-refractivity contribution in [1.29, 1.82) is 0 Å². The van der Waals surface area contributed by atoms with E-state index in [1.165, 1.54) is 37.0 Å². The van der Waals surface area contributed by atoms with Crippen molar-refractivity contribution in [3.63, 3.8) is 0 Å². The summed E-state index contributed by atoms with van der Waals surface area (Å²) in [5.41, 5.74) is 0. The molecular formula is C13H23NS. The third-order valence-corrected chi connectivity index (χ3v) is 3.60. The maximum absolute atomic E-state index is 3.58. The van der Waals surface area contributed by atoms with Gasteiger partial charge in [0.05, 0.1) is 0 Å². The monoisotopic (exact) mass is 225 g/mol. The van der Waals surface area contributed by atoms with Crippen LogP contribution in [0.3, 0.4) is 0 Å². The van der Waals surface area contributed by atoms with Gasteiger partial charge in [0, 0.05) is 10.9 Å². The number of nitrogens with one attached hydrogen (secondary N) is 1. The summed E-state index contributed by atoms with van der Waals surface area (Å²) < 4.78 is 0. The summed E-state index contributed by atoms with van der Waals surface area (Å²) in [6, 6.07) is 5.05. The average Bonchev–Trinajstić information content (AvgIpc) is 2.74. The van der Waals surface area contributed by atoms with Crippen LogP contribution < -0.4 is 5.32 Å². The van der Waals surface area contributed by atoms with Crippen molar-refractivity contribution < 1.29 is 0 Å². The van der Waals surface area contributed by atoms with Gasteiger partial charge in [-0.25, -0.2) is 0 Å². The molecule has 0 aliphatic heterocycles. The zero-order valence-electron chi connectivity index (χ0n) is 9.96. The summed E-state index contributed by atoms with van der Waals surface area (Å²) in [5.74, 6) is 0. The van der Waals surface area contributed by atoms with Crippen LogP contribution in [0, 0.1) is 0 Å². The van der Waals surface area contributed by atoms with Gasteiger partial charge < -0.3 is 5.32 Å². The van der Waals surface area contributed by atoms with Crippen molar-refractivity contribution in [1.82, 2.24) is 5.32 Å². The molecule has 0 spiro atoms. The molecule has 1 atom stereocenters. The number of hydrogen-bond acceptors (Lipinski definition) is 2. The Kier molecular flexibility index (Phi) is 6.69. The van der Waals surface area contributed by atoms with Crippen LogP contribution in [0.4, 0.5) is 0 Å². The Morgan fingerprint density at radius 2 is 2.27 bits per heavy atom. The first-order valence-electron chi connectivity index (χ1n) is 6.08. The maximum Gasteiger partial charge on any atom is 0.00457 e. The quantitative estimate of drug-likeness (QED) is 0.663. The van der Waals surface area contributed by atoms with Gasteiger partial charge in [-0.05, 0) is 44.2 Å². The molecule has 0 fully saturated rings. The van der Waals surface area contributed by atoms with Crippen LogP contribution in [0.15, 0.2) is 17.5 Å². The largest absolute Gasteiger partial charge is 0.314 e. The molecule has 0 saturated carbocycles. The smallest absolute Gasteiger partial charge is 0.00457 e. The minimum absolute atomic E-state index is 0.688. The third-order valence-electron chi connectivity index (χ3n) is 2.66. The molecule has 0 aliphatic rings. The highest BCUT2D eigenvalue weighted by Crippen LogP contribution is 2.10. The second-order valence-corrected chi connectivity index (χ2v) is 5.21. The topological polar surface area (TPSA) is 12.0 Å². The fourth-order valence-electron chi connectivity index (χ4n) is 1.68. The minimum atomic E-state index is 0.688. The molecule has 0 bridgehead atoms. The zero-order chi connectivity index (χ0) is 10.9. The molecule has 0 amide bonds. The number of thiophene rings is 1. The first-order chi connectivity index (χ1) is 7.33. The van der Waals surface area contributed by atoms with Gasteiger partial charge in [-0.2, -0.15) is 0 Å². The highest BCUT2D eigenvalue weighted by atomic mass is 32.1. The van der Waals surface area contributed by atoms with Gasteiger partial charge in [-0.1, -0.05) is 25.8 Å². The van der Waals surface area contributed by atoms with E-state index in [0.717, 1.165) is 6.54 Å². The first kappa shape index (κ1) is 12.7. The van der Waals surface area contributed by atoms with Gasteiger partial charge in [-0.3, -0.25) is 0 Å². The normalized spacial score (nSPS) is 12.9. The fourth-order valence-corrected chi connectivity index (χ4v) is 2.43. The Morgan fingerprint density at radius 3 is 2.93 bits per heavy atom. The Bertz CT molecular complexity index is 231. The second-order valence-electron chi connectivity index (χ2n) is 4.18. The lowest BCUT2D eigenvalue weighted by atomic mass is 10.1. The van der Waals surface area contributed by atoms with Crippen LogP contribution in [0.1, 0.15) is 44.4 Å². The first-order valence-corrected chi connectivity index (χ1v) is 6.96. The molecule has 86 valence electrons. The number of unbranched alkanes of at least 4 members (excludes halogenated alkanes) is 1. The van der Waals surface area contributed by atoms with E-state index in [2.05, 4.69) is 36.7 Å². The van der Waals surface area contributed by atoms with Crippen molar-refractivity contribution in [2.75, 3.05) is 6.54 Å². The molecule has 15 heavy (non-hydrogen) atoms. The van der Waals surface area contributed by atoms with E-state index in [4.69, 9.17) is 0 Å². The van der Waals surface area contributed by atoms with E-state index in [-0.39, 0.29) is 0 Å². The van der Waals surface area contributed by atoms with Crippen LogP contribution in [-0.2, 0) is 6.42 Å². The predicted molar refractivity (Wildman–Crippen MR) is 69.6 cm³/mol. The molecule has 1 aromatic heterocycles. The van der Waals surface area contributed by atoms with Gasteiger partial charge in [-0.15, -0.1) is 11.3 Å². The Morgan fingerprint density at radius 1 is 1.40 bits per heavy atom. The molecule has 0 aliphatic carbocycles. The Labute approximate surface area is 97.9 Å². The lowest BCUT2D eigenvalue weighted by Crippen LogP contribution is -2.27. The van der Waals surface area contributed by atoms with Crippen LogP contribution in [-0.4, -0.2) is 12.6 Å². The molecule has 1 unspecified atom stereocenters. The summed E-state index contributed by atoms with van der Waals surface area (Å²) in [4.78, 5) is 1.51. The van der Waals surface area contributed by atoms with Gasteiger partial charge >= 0.3 is 0 Å². The lowest BCUT2D eigenvalue weighted by molar-refractivity contribution is 0.490. The summed E-state index contributed by atoms with van der Waals surface area (Å²) in [6.07, 6.45) is 6.46. The maximum atomic E-state index is 3.58. The Hall–Kier alpha value is -0.340. The zero-order valence-corrected chi connectivity index (χ0v) is 10.8. The number of rotatable bonds is 8. The molecular weight excluding hydrogens is 202 g/mol. The third kappa shape index (κ3) is 5.95. The Balaban J connectivity index is 1.97. The molecule has 0 saturated heterocycles. The van der Waals surface area contributed by atoms with Gasteiger partial charge in [0.1, 0.15) is 0 Å².